The van der Waals surface area contributed by atoms with E-state index in [1.54, 1.807) is 34.8 Å². The first-order valence-electron chi connectivity index (χ1n) is 8.81. The van der Waals surface area contributed by atoms with Crippen molar-refractivity contribution in [3.63, 3.8) is 0 Å². The third-order valence-electron chi connectivity index (χ3n) is 4.24. The SMILES string of the molecule is O=S(=O)(c1ccc(NC(=S)N/N=C/c2ccccc2)cc1)N1CCCCC1. The standard InChI is InChI=1S/C19H22N4O2S2/c24-27(25,23-13-5-2-6-14-23)18-11-9-17(10-12-18)21-19(26)22-20-15-16-7-3-1-4-8-16/h1,3-4,7-12,15H,2,5-6,13-14H2,(H2,21,22,26)/b20-15+. The van der Waals surface area contributed by atoms with Gasteiger partial charge < -0.3 is 5.32 Å². The van der Waals surface area contributed by atoms with Gasteiger partial charge in [-0.1, -0.05) is 36.8 Å². The maximum atomic E-state index is 12.6. The van der Waals surface area contributed by atoms with E-state index in [-0.39, 0.29) is 0 Å². The molecule has 1 aliphatic heterocycles. The number of hydrogen-bond donors (Lipinski definition) is 2. The second-order valence-corrected chi connectivity index (χ2v) is 8.57. The Hall–Kier alpha value is -2.29. The van der Waals surface area contributed by atoms with Crippen molar-refractivity contribution in [1.82, 2.24) is 9.73 Å². The molecule has 0 unspecified atom stereocenters. The van der Waals surface area contributed by atoms with Gasteiger partial charge in [0, 0.05) is 18.8 Å². The molecule has 3 rings (SSSR count). The van der Waals surface area contributed by atoms with Crippen LogP contribution in [0.3, 0.4) is 0 Å². The number of anilines is 1. The van der Waals surface area contributed by atoms with Gasteiger partial charge in [-0.15, -0.1) is 0 Å². The number of piperidine rings is 1. The molecule has 0 amide bonds. The molecule has 1 fully saturated rings. The number of hydrazone groups is 1. The first kappa shape index (κ1) is 19.5. The van der Waals surface area contributed by atoms with E-state index in [4.69, 9.17) is 12.2 Å². The summed E-state index contributed by atoms with van der Waals surface area (Å²) in [5.74, 6) is 0. The molecular formula is C19H22N4O2S2. The van der Waals surface area contributed by atoms with E-state index in [2.05, 4.69) is 15.8 Å². The number of nitrogens with zero attached hydrogens (tertiary/aromatic N) is 2. The molecule has 2 aromatic carbocycles. The van der Waals surface area contributed by atoms with Gasteiger partial charge in [-0.25, -0.2) is 8.42 Å². The molecule has 2 aromatic rings. The minimum Gasteiger partial charge on any atom is -0.331 e. The number of hydrogen-bond acceptors (Lipinski definition) is 4. The van der Waals surface area contributed by atoms with Gasteiger partial charge in [-0.3, -0.25) is 5.43 Å². The van der Waals surface area contributed by atoms with Crippen molar-refractivity contribution < 1.29 is 8.42 Å². The molecule has 2 N–H and O–H groups in total. The van der Waals surface area contributed by atoms with Crippen molar-refractivity contribution in [2.45, 2.75) is 24.2 Å². The number of rotatable bonds is 5. The summed E-state index contributed by atoms with van der Waals surface area (Å²) in [5, 5.41) is 7.39. The normalized spacial score (nSPS) is 15.6. The molecule has 0 aromatic heterocycles. The van der Waals surface area contributed by atoms with Gasteiger partial charge in [-0.2, -0.15) is 9.41 Å². The lowest BCUT2D eigenvalue weighted by molar-refractivity contribution is 0.346. The molecule has 6 nitrogen and oxygen atoms in total. The minimum absolute atomic E-state index is 0.302. The van der Waals surface area contributed by atoms with Crippen LogP contribution in [0.25, 0.3) is 0 Å². The van der Waals surface area contributed by atoms with Crippen LogP contribution in [0.4, 0.5) is 5.69 Å². The van der Waals surface area contributed by atoms with Crippen LogP contribution >= 0.6 is 12.2 Å². The quantitative estimate of drug-likeness (QED) is 0.456. The molecule has 8 heteroatoms. The molecule has 1 saturated heterocycles. The van der Waals surface area contributed by atoms with E-state index in [0.29, 0.717) is 28.8 Å². The monoisotopic (exact) mass is 402 g/mol. The van der Waals surface area contributed by atoms with Gasteiger partial charge in [0.15, 0.2) is 5.11 Å². The van der Waals surface area contributed by atoms with Gasteiger partial charge in [0.25, 0.3) is 0 Å². The van der Waals surface area contributed by atoms with Crippen LogP contribution in [0.5, 0.6) is 0 Å². The fraction of sp³-hybridized carbons (Fsp3) is 0.263. The van der Waals surface area contributed by atoms with E-state index in [1.165, 1.54) is 0 Å². The largest absolute Gasteiger partial charge is 0.331 e. The summed E-state index contributed by atoms with van der Waals surface area (Å²) in [5.41, 5.74) is 4.39. The van der Waals surface area contributed by atoms with Crippen LogP contribution in [-0.2, 0) is 10.0 Å². The maximum absolute atomic E-state index is 12.6. The Bertz CT molecular complexity index is 891. The molecular weight excluding hydrogens is 380 g/mol. The second-order valence-electron chi connectivity index (χ2n) is 6.22. The van der Waals surface area contributed by atoms with Crippen LogP contribution in [0.15, 0.2) is 64.6 Å². The maximum Gasteiger partial charge on any atom is 0.243 e. The molecule has 0 bridgehead atoms. The highest BCUT2D eigenvalue weighted by Gasteiger charge is 2.25. The lowest BCUT2D eigenvalue weighted by Gasteiger charge is -2.25. The zero-order valence-electron chi connectivity index (χ0n) is 14.8. The number of thiocarbonyl (C=S) groups is 1. The van der Waals surface area contributed by atoms with E-state index in [9.17, 15) is 8.42 Å². The topological polar surface area (TPSA) is 73.8 Å². The molecule has 142 valence electrons. The Labute approximate surface area is 165 Å². The third kappa shape index (κ3) is 5.35. The van der Waals surface area contributed by atoms with E-state index in [0.717, 1.165) is 24.8 Å². The summed E-state index contributed by atoms with van der Waals surface area (Å²) in [4.78, 5) is 0.302. The Morgan fingerprint density at radius 3 is 2.33 bits per heavy atom. The Kier molecular flexibility index (Phi) is 6.54. The van der Waals surface area contributed by atoms with Crippen molar-refractivity contribution in [2.24, 2.45) is 5.10 Å². The average molecular weight is 403 g/mol. The summed E-state index contributed by atoms with van der Waals surface area (Å²) in [6.07, 6.45) is 4.60. The minimum atomic E-state index is -3.42. The summed E-state index contributed by atoms with van der Waals surface area (Å²) in [7, 11) is -3.42. The van der Waals surface area contributed by atoms with Crippen molar-refractivity contribution >= 4 is 39.3 Å². The second kappa shape index (κ2) is 9.07. The fourth-order valence-electron chi connectivity index (χ4n) is 2.83. The smallest absolute Gasteiger partial charge is 0.243 e. The van der Waals surface area contributed by atoms with Gasteiger partial charge in [0.2, 0.25) is 10.0 Å². The predicted octanol–water partition coefficient (Wildman–Crippen LogP) is 3.18. The molecule has 0 spiro atoms. The summed E-state index contributed by atoms with van der Waals surface area (Å²) < 4.78 is 26.8. The van der Waals surface area contributed by atoms with Gasteiger partial charge >= 0.3 is 0 Å². The van der Waals surface area contributed by atoms with Gasteiger partial charge in [0.1, 0.15) is 0 Å². The highest BCUT2D eigenvalue weighted by Crippen LogP contribution is 2.21. The third-order valence-corrected chi connectivity index (χ3v) is 6.35. The highest BCUT2D eigenvalue weighted by molar-refractivity contribution is 7.89. The highest BCUT2D eigenvalue weighted by atomic mass is 32.2. The van der Waals surface area contributed by atoms with Gasteiger partial charge in [0.05, 0.1) is 11.1 Å². The molecule has 27 heavy (non-hydrogen) atoms. The van der Waals surface area contributed by atoms with E-state index >= 15 is 0 Å². The Morgan fingerprint density at radius 1 is 1.00 bits per heavy atom. The van der Waals surface area contributed by atoms with E-state index in [1.807, 2.05) is 30.3 Å². The molecule has 0 atom stereocenters. The van der Waals surface area contributed by atoms with Crippen LogP contribution < -0.4 is 10.7 Å². The molecule has 0 aliphatic carbocycles. The molecule has 0 radical (unpaired) electrons. The van der Waals surface area contributed by atoms with Crippen LogP contribution in [0, 0.1) is 0 Å². The van der Waals surface area contributed by atoms with E-state index < -0.39 is 10.0 Å². The zero-order valence-corrected chi connectivity index (χ0v) is 16.5. The zero-order chi connectivity index (χ0) is 19.1. The van der Waals surface area contributed by atoms with Crippen LogP contribution in [0.2, 0.25) is 0 Å². The predicted molar refractivity (Wildman–Crippen MR) is 112 cm³/mol. The average Bonchev–Trinajstić information content (AvgIpc) is 2.70. The number of benzene rings is 2. The van der Waals surface area contributed by atoms with Crippen molar-refractivity contribution in [1.29, 1.82) is 0 Å². The first-order chi connectivity index (χ1) is 13.1. The van der Waals surface area contributed by atoms with Crippen molar-refractivity contribution in [3.05, 3.63) is 60.2 Å². The van der Waals surface area contributed by atoms with Crippen molar-refractivity contribution in [3.8, 4) is 0 Å². The molecule has 0 saturated carbocycles. The Balaban J connectivity index is 1.57. The number of nitrogens with one attached hydrogen (secondary N) is 2. The van der Waals surface area contributed by atoms with Crippen LogP contribution in [-0.4, -0.2) is 37.1 Å². The lowest BCUT2D eigenvalue weighted by atomic mass is 10.2. The van der Waals surface area contributed by atoms with Crippen LogP contribution in [0.1, 0.15) is 24.8 Å². The summed E-state index contributed by atoms with van der Waals surface area (Å²) in [6, 6.07) is 16.3. The summed E-state index contributed by atoms with van der Waals surface area (Å²) in [6.45, 7) is 1.19. The summed E-state index contributed by atoms with van der Waals surface area (Å²) >= 11 is 5.20. The number of sulfonamides is 1. The first-order valence-corrected chi connectivity index (χ1v) is 10.7. The fourth-order valence-corrected chi connectivity index (χ4v) is 4.52. The molecule has 1 heterocycles. The van der Waals surface area contributed by atoms with Crippen molar-refractivity contribution in [2.75, 3.05) is 18.4 Å². The lowest BCUT2D eigenvalue weighted by Crippen LogP contribution is -2.35. The van der Waals surface area contributed by atoms with Gasteiger partial charge in [-0.05, 0) is 54.9 Å². The Morgan fingerprint density at radius 2 is 1.67 bits per heavy atom. The molecule has 1 aliphatic rings.